The number of anilines is 1. The number of nitrogens with zero attached hydrogens (tertiary/aromatic N) is 2. The molecule has 1 saturated heterocycles. The average Bonchev–Trinajstić information content (AvgIpc) is 2.73. The number of ether oxygens (including phenoxy) is 1. The molecular formula is C21H23F3N4O3. The molecule has 0 saturated carbocycles. The highest BCUT2D eigenvalue weighted by Crippen LogP contribution is 2.22. The standard InChI is InChI=1S/C21H23F3N4O3/c22-21(23,24)31-18-8-6-16(7-9-18)14-25-20(30)28-12-10-27(11-13-28)15-19(29)26-17-4-2-1-3-5-17/h1-9H,10-15H2,(H,25,30)(H,26,29). The molecule has 0 aromatic heterocycles. The van der Waals surface area contributed by atoms with E-state index in [1.165, 1.54) is 24.3 Å². The lowest BCUT2D eigenvalue weighted by Crippen LogP contribution is -2.52. The molecule has 0 radical (unpaired) electrons. The van der Waals surface area contributed by atoms with E-state index in [-0.39, 0.29) is 30.8 Å². The van der Waals surface area contributed by atoms with Crippen molar-refractivity contribution in [2.45, 2.75) is 12.9 Å². The van der Waals surface area contributed by atoms with Gasteiger partial charge in [-0.3, -0.25) is 9.69 Å². The Morgan fingerprint density at radius 1 is 0.935 bits per heavy atom. The highest BCUT2D eigenvalue weighted by molar-refractivity contribution is 5.92. The number of hydrogen-bond acceptors (Lipinski definition) is 4. The fraction of sp³-hybridized carbons (Fsp3) is 0.333. The predicted molar refractivity (Wildman–Crippen MR) is 108 cm³/mol. The van der Waals surface area contributed by atoms with E-state index in [1.54, 1.807) is 4.90 Å². The van der Waals surface area contributed by atoms with Gasteiger partial charge in [0.1, 0.15) is 5.75 Å². The Hall–Kier alpha value is -3.27. The van der Waals surface area contributed by atoms with Crippen LogP contribution in [0, 0.1) is 0 Å². The van der Waals surface area contributed by atoms with Crippen LogP contribution in [0.25, 0.3) is 0 Å². The maximum Gasteiger partial charge on any atom is 0.573 e. The summed E-state index contributed by atoms with van der Waals surface area (Å²) in [6.07, 6.45) is -4.74. The van der Waals surface area contributed by atoms with E-state index in [0.29, 0.717) is 31.7 Å². The van der Waals surface area contributed by atoms with E-state index in [0.717, 1.165) is 5.69 Å². The first-order chi connectivity index (χ1) is 14.8. The number of urea groups is 1. The van der Waals surface area contributed by atoms with Gasteiger partial charge < -0.3 is 20.3 Å². The SMILES string of the molecule is O=C(CN1CCN(C(=O)NCc2ccc(OC(F)(F)F)cc2)CC1)Nc1ccccc1. The van der Waals surface area contributed by atoms with Crippen LogP contribution in [0.5, 0.6) is 5.75 Å². The van der Waals surface area contributed by atoms with Gasteiger partial charge in [-0.1, -0.05) is 30.3 Å². The molecule has 7 nitrogen and oxygen atoms in total. The summed E-state index contributed by atoms with van der Waals surface area (Å²) in [5, 5.41) is 5.58. The topological polar surface area (TPSA) is 73.9 Å². The minimum atomic E-state index is -4.74. The molecule has 3 rings (SSSR count). The van der Waals surface area contributed by atoms with Crippen molar-refractivity contribution in [2.75, 3.05) is 38.0 Å². The smallest absolute Gasteiger partial charge is 0.406 e. The number of carbonyl (C=O) groups excluding carboxylic acids is 2. The number of amides is 3. The molecule has 2 aromatic carbocycles. The first kappa shape index (κ1) is 22.4. The Balaban J connectivity index is 1.37. The Morgan fingerprint density at radius 3 is 2.19 bits per heavy atom. The quantitative estimate of drug-likeness (QED) is 0.730. The van der Waals surface area contributed by atoms with Gasteiger partial charge in [-0.15, -0.1) is 13.2 Å². The number of para-hydroxylation sites is 1. The monoisotopic (exact) mass is 436 g/mol. The van der Waals surface area contributed by atoms with Crippen LogP contribution in [0.2, 0.25) is 0 Å². The van der Waals surface area contributed by atoms with Crippen molar-refractivity contribution in [3.63, 3.8) is 0 Å². The third-order valence-electron chi connectivity index (χ3n) is 4.68. The Bertz CT molecular complexity index is 868. The molecule has 3 amide bonds. The zero-order valence-corrected chi connectivity index (χ0v) is 16.7. The normalized spacial score (nSPS) is 14.7. The van der Waals surface area contributed by atoms with E-state index < -0.39 is 6.36 Å². The Kier molecular flexibility index (Phi) is 7.35. The van der Waals surface area contributed by atoms with Crippen molar-refractivity contribution in [1.82, 2.24) is 15.1 Å². The van der Waals surface area contributed by atoms with Crippen molar-refractivity contribution in [3.8, 4) is 5.75 Å². The summed E-state index contributed by atoms with van der Waals surface area (Å²) >= 11 is 0. The highest BCUT2D eigenvalue weighted by atomic mass is 19.4. The van der Waals surface area contributed by atoms with Gasteiger partial charge in [-0.25, -0.2) is 4.79 Å². The summed E-state index contributed by atoms with van der Waals surface area (Å²) < 4.78 is 40.4. The Labute approximate surface area is 177 Å². The molecule has 0 unspecified atom stereocenters. The van der Waals surface area contributed by atoms with Crippen molar-refractivity contribution in [3.05, 3.63) is 60.2 Å². The number of alkyl halides is 3. The van der Waals surface area contributed by atoms with E-state index in [1.807, 2.05) is 35.2 Å². The number of nitrogens with one attached hydrogen (secondary N) is 2. The second-order valence-corrected chi connectivity index (χ2v) is 7.03. The molecule has 1 heterocycles. The largest absolute Gasteiger partial charge is 0.573 e. The third-order valence-corrected chi connectivity index (χ3v) is 4.68. The predicted octanol–water partition coefficient (Wildman–Crippen LogP) is 3.05. The maximum atomic E-state index is 12.3. The first-order valence-electron chi connectivity index (χ1n) is 9.73. The van der Waals surface area contributed by atoms with Crippen LogP contribution >= 0.6 is 0 Å². The lowest BCUT2D eigenvalue weighted by atomic mass is 10.2. The number of hydrogen-bond donors (Lipinski definition) is 2. The summed E-state index contributed by atoms with van der Waals surface area (Å²) in [5.74, 6) is -0.419. The van der Waals surface area contributed by atoms with Gasteiger partial charge in [0.25, 0.3) is 0 Å². The third kappa shape index (κ3) is 7.49. The molecular weight excluding hydrogens is 413 g/mol. The van der Waals surface area contributed by atoms with Gasteiger partial charge in [-0.2, -0.15) is 0 Å². The van der Waals surface area contributed by atoms with Crippen LogP contribution in [0.1, 0.15) is 5.56 Å². The van der Waals surface area contributed by atoms with Crippen LogP contribution < -0.4 is 15.4 Å². The van der Waals surface area contributed by atoms with Gasteiger partial charge >= 0.3 is 12.4 Å². The number of piperazine rings is 1. The molecule has 0 aliphatic carbocycles. The molecule has 1 fully saturated rings. The van der Waals surface area contributed by atoms with Gasteiger partial charge in [0.2, 0.25) is 5.91 Å². The summed E-state index contributed by atoms with van der Waals surface area (Å²) in [4.78, 5) is 28.1. The summed E-state index contributed by atoms with van der Waals surface area (Å²) in [6.45, 7) is 2.52. The minimum absolute atomic E-state index is 0.109. The molecule has 2 aromatic rings. The van der Waals surface area contributed by atoms with Gasteiger partial charge in [0.05, 0.1) is 6.54 Å². The summed E-state index contributed by atoms with van der Waals surface area (Å²) in [6, 6.07) is 14.3. The molecule has 0 bridgehead atoms. The molecule has 0 atom stereocenters. The zero-order valence-electron chi connectivity index (χ0n) is 16.7. The second kappa shape index (κ2) is 10.2. The van der Waals surface area contributed by atoms with E-state index in [4.69, 9.17) is 0 Å². The zero-order chi connectivity index (χ0) is 22.3. The molecule has 1 aliphatic heterocycles. The minimum Gasteiger partial charge on any atom is -0.406 e. The fourth-order valence-corrected chi connectivity index (χ4v) is 3.13. The van der Waals surface area contributed by atoms with E-state index in [2.05, 4.69) is 15.4 Å². The highest BCUT2D eigenvalue weighted by Gasteiger charge is 2.31. The van der Waals surface area contributed by atoms with Crippen LogP contribution in [0.15, 0.2) is 54.6 Å². The molecule has 0 spiro atoms. The van der Waals surface area contributed by atoms with Crippen LogP contribution in [0.4, 0.5) is 23.7 Å². The molecule has 31 heavy (non-hydrogen) atoms. The number of rotatable bonds is 6. The number of benzene rings is 2. The van der Waals surface area contributed by atoms with Crippen molar-refractivity contribution < 1.29 is 27.5 Å². The maximum absolute atomic E-state index is 12.3. The van der Waals surface area contributed by atoms with Crippen LogP contribution in [-0.4, -0.2) is 60.8 Å². The first-order valence-corrected chi connectivity index (χ1v) is 9.73. The Morgan fingerprint density at radius 2 is 1.58 bits per heavy atom. The molecule has 2 N–H and O–H groups in total. The number of halogens is 3. The van der Waals surface area contributed by atoms with Crippen molar-refractivity contribution in [2.24, 2.45) is 0 Å². The van der Waals surface area contributed by atoms with Gasteiger partial charge in [-0.05, 0) is 29.8 Å². The summed E-state index contributed by atoms with van der Waals surface area (Å²) in [7, 11) is 0. The lowest BCUT2D eigenvalue weighted by molar-refractivity contribution is -0.274. The second-order valence-electron chi connectivity index (χ2n) is 7.03. The van der Waals surface area contributed by atoms with Crippen LogP contribution in [0.3, 0.4) is 0 Å². The average molecular weight is 436 g/mol. The number of carbonyl (C=O) groups is 2. The van der Waals surface area contributed by atoms with Crippen LogP contribution in [-0.2, 0) is 11.3 Å². The van der Waals surface area contributed by atoms with Crippen molar-refractivity contribution >= 4 is 17.6 Å². The molecule has 1 aliphatic rings. The molecule has 166 valence electrons. The van der Waals surface area contributed by atoms with Crippen molar-refractivity contribution in [1.29, 1.82) is 0 Å². The van der Waals surface area contributed by atoms with Gasteiger partial charge in [0.15, 0.2) is 0 Å². The van der Waals surface area contributed by atoms with Gasteiger partial charge in [0, 0.05) is 38.4 Å². The lowest BCUT2D eigenvalue weighted by Gasteiger charge is -2.34. The fourth-order valence-electron chi connectivity index (χ4n) is 3.13. The molecule has 10 heteroatoms. The van der Waals surface area contributed by atoms with E-state index >= 15 is 0 Å². The van der Waals surface area contributed by atoms with E-state index in [9.17, 15) is 22.8 Å². The summed E-state index contributed by atoms with van der Waals surface area (Å²) in [5.41, 5.74) is 1.39.